The van der Waals surface area contributed by atoms with Crippen LogP contribution in [-0.4, -0.2) is 29.2 Å². The number of unbranched alkanes of at least 4 members (excludes halogenated alkanes) is 1. The zero-order valence-electron chi connectivity index (χ0n) is 19.6. The summed E-state index contributed by atoms with van der Waals surface area (Å²) in [5, 5.41) is 3.17. The van der Waals surface area contributed by atoms with Crippen LogP contribution in [0.5, 0.6) is 11.5 Å². The number of rotatable bonds is 12. The SMILES string of the molecule is CCC(CC)C(=O)NC(C)c1nc2ccccc2n1CCCCOc1ccc(OC)cc1. The number of amides is 1. The summed E-state index contributed by atoms with van der Waals surface area (Å²) >= 11 is 0. The summed E-state index contributed by atoms with van der Waals surface area (Å²) in [4.78, 5) is 17.5. The molecule has 1 unspecified atom stereocenters. The van der Waals surface area contributed by atoms with Crippen molar-refractivity contribution in [3.05, 3.63) is 54.4 Å². The van der Waals surface area contributed by atoms with Crippen LogP contribution in [0.4, 0.5) is 0 Å². The lowest BCUT2D eigenvalue weighted by atomic mass is 10.0. The number of nitrogens with zero attached hydrogens (tertiary/aromatic N) is 2. The van der Waals surface area contributed by atoms with Gasteiger partial charge in [0.1, 0.15) is 17.3 Å². The zero-order valence-corrected chi connectivity index (χ0v) is 19.6. The first kappa shape index (κ1) is 23.6. The number of benzene rings is 2. The maximum atomic E-state index is 12.6. The minimum atomic E-state index is -0.147. The number of hydrogen-bond donors (Lipinski definition) is 1. The van der Waals surface area contributed by atoms with Crippen LogP contribution in [0, 0.1) is 5.92 Å². The van der Waals surface area contributed by atoms with Crippen molar-refractivity contribution in [2.24, 2.45) is 5.92 Å². The molecule has 0 aliphatic carbocycles. The van der Waals surface area contributed by atoms with E-state index in [0.717, 1.165) is 60.6 Å². The first-order valence-corrected chi connectivity index (χ1v) is 11.6. The van der Waals surface area contributed by atoms with Crippen LogP contribution in [0.2, 0.25) is 0 Å². The molecule has 0 saturated carbocycles. The van der Waals surface area contributed by atoms with Gasteiger partial charge in [-0.1, -0.05) is 26.0 Å². The van der Waals surface area contributed by atoms with E-state index < -0.39 is 0 Å². The Hall–Kier alpha value is -3.02. The van der Waals surface area contributed by atoms with Gasteiger partial charge in [-0.2, -0.15) is 0 Å². The van der Waals surface area contributed by atoms with E-state index in [1.807, 2.05) is 49.4 Å². The predicted octanol–water partition coefficient (Wildman–Crippen LogP) is 5.52. The number of hydrogen-bond acceptors (Lipinski definition) is 4. The largest absolute Gasteiger partial charge is 0.497 e. The Morgan fingerprint density at radius 2 is 1.72 bits per heavy atom. The molecular weight excluding hydrogens is 402 g/mol. The van der Waals surface area contributed by atoms with E-state index >= 15 is 0 Å². The van der Waals surface area contributed by atoms with Crippen LogP contribution < -0.4 is 14.8 Å². The standard InChI is InChI=1S/C26H35N3O3/c1-5-20(6-2)26(30)27-19(3)25-28-23-11-7-8-12-24(23)29(25)17-9-10-18-32-22-15-13-21(31-4)14-16-22/h7-8,11-16,19-20H,5-6,9-10,17-18H2,1-4H3,(H,27,30). The summed E-state index contributed by atoms with van der Waals surface area (Å²) < 4.78 is 13.3. The van der Waals surface area contributed by atoms with Crippen molar-refractivity contribution in [2.75, 3.05) is 13.7 Å². The molecule has 1 atom stereocenters. The van der Waals surface area contributed by atoms with Crippen molar-refractivity contribution >= 4 is 16.9 Å². The molecule has 6 nitrogen and oxygen atoms in total. The van der Waals surface area contributed by atoms with Crippen LogP contribution in [0.1, 0.15) is 58.3 Å². The first-order valence-electron chi connectivity index (χ1n) is 11.6. The number of imidazole rings is 1. The summed E-state index contributed by atoms with van der Waals surface area (Å²) in [5.74, 6) is 2.72. The molecule has 2 aromatic carbocycles. The van der Waals surface area contributed by atoms with Gasteiger partial charge in [-0.25, -0.2) is 4.98 Å². The number of methoxy groups -OCH3 is 1. The van der Waals surface area contributed by atoms with E-state index in [1.165, 1.54) is 0 Å². The lowest BCUT2D eigenvalue weighted by Crippen LogP contribution is -2.33. The number of aromatic nitrogens is 2. The number of nitrogens with one attached hydrogen (secondary N) is 1. The van der Waals surface area contributed by atoms with Gasteiger partial charge in [0, 0.05) is 12.5 Å². The normalized spacial score (nSPS) is 12.2. The summed E-state index contributed by atoms with van der Waals surface area (Å²) in [6.45, 7) is 7.61. The van der Waals surface area contributed by atoms with Gasteiger partial charge in [-0.3, -0.25) is 4.79 Å². The van der Waals surface area contributed by atoms with Crippen molar-refractivity contribution < 1.29 is 14.3 Å². The third kappa shape index (κ3) is 5.81. The van der Waals surface area contributed by atoms with Gasteiger partial charge in [0.05, 0.1) is 30.8 Å². The van der Waals surface area contributed by atoms with E-state index in [0.29, 0.717) is 6.61 Å². The molecule has 0 aliphatic heterocycles. The molecule has 1 aromatic heterocycles. The zero-order chi connectivity index (χ0) is 22.9. The predicted molar refractivity (Wildman–Crippen MR) is 128 cm³/mol. The smallest absolute Gasteiger partial charge is 0.223 e. The molecule has 6 heteroatoms. The van der Waals surface area contributed by atoms with Crippen LogP contribution in [0.15, 0.2) is 48.5 Å². The summed E-state index contributed by atoms with van der Waals surface area (Å²) in [6, 6.07) is 15.6. The van der Waals surface area contributed by atoms with Gasteiger partial charge in [-0.05, 0) is 69.0 Å². The first-order chi connectivity index (χ1) is 15.6. The number of ether oxygens (including phenoxy) is 2. The van der Waals surface area contributed by atoms with Crippen molar-refractivity contribution in [3.63, 3.8) is 0 Å². The van der Waals surface area contributed by atoms with Gasteiger partial charge in [-0.15, -0.1) is 0 Å². The number of aryl methyl sites for hydroxylation is 1. The monoisotopic (exact) mass is 437 g/mol. The summed E-state index contributed by atoms with van der Waals surface area (Å²) in [7, 11) is 1.65. The minimum Gasteiger partial charge on any atom is -0.497 e. The maximum Gasteiger partial charge on any atom is 0.223 e. The molecule has 0 spiro atoms. The van der Waals surface area contributed by atoms with E-state index in [9.17, 15) is 4.79 Å². The Morgan fingerprint density at radius 3 is 2.41 bits per heavy atom. The molecular formula is C26H35N3O3. The minimum absolute atomic E-state index is 0.0466. The van der Waals surface area contributed by atoms with Gasteiger partial charge < -0.3 is 19.4 Å². The molecule has 0 bridgehead atoms. The molecule has 0 radical (unpaired) electrons. The van der Waals surface area contributed by atoms with Gasteiger partial charge in [0.2, 0.25) is 5.91 Å². The van der Waals surface area contributed by atoms with Crippen molar-refractivity contribution in [3.8, 4) is 11.5 Å². The Morgan fingerprint density at radius 1 is 1.03 bits per heavy atom. The van der Waals surface area contributed by atoms with Crippen LogP contribution in [-0.2, 0) is 11.3 Å². The lowest BCUT2D eigenvalue weighted by molar-refractivity contribution is -0.125. The second-order valence-corrected chi connectivity index (χ2v) is 8.09. The van der Waals surface area contributed by atoms with Crippen LogP contribution in [0.25, 0.3) is 11.0 Å². The fraction of sp³-hybridized carbons (Fsp3) is 0.462. The third-order valence-corrected chi connectivity index (χ3v) is 5.89. The van der Waals surface area contributed by atoms with Gasteiger partial charge in [0.15, 0.2) is 0 Å². The number of para-hydroxylation sites is 2. The Bertz CT molecular complexity index is 993. The molecule has 1 amide bonds. The average Bonchev–Trinajstić information content (AvgIpc) is 3.19. The Kier molecular flexibility index (Phi) is 8.54. The van der Waals surface area contributed by atoms with Crippen molar-refractivity contribution in [1.29, 1.82) is 0 Å². The fourth-order valence-corrected chi connectivity index (χ4v) is 3.95. The maximum absolute atomic E-state index is 12.6. The van der Waals surface area contributed by atoms with E-state index in [2.05, 4.69) is 29.8 Å². The molecule has 32 heavy (non-hydrogen) atoms. The lowest BCUT2D eigenvalue weighted by Gasteiger charge is -2.19. The molecule has 3 rings (SSSR count). The second-order valence-electron chi connectivity index (χ2n) is 8.09. The topological polar surface area (TPSA) is 65.4 Å². The average molecular weight is 438 g/mol. The second kappa shape index (κ2) is 11.6. The third-order valence-electron chi connectivity index (χ3n) is 5.89. The summed E-state index contributed by atoms with van der Waals surface area (Å²) in [6.07, 6.45) is 3.57. The fourth-order valence-electron chi connectivity index (χ4n) is 3.95. The van der Waals surface area contributed by atoms with Gasteiger partial charge in [0.25, 0.3) is 0 Å². The highest BCUT2D eigenvalue weighted by Gasteiger charge is 2.21. The molecule has 172 valence electrons. The quantitative estimate of drug-likeness (QED) is 0.379. The van der Waals surface area contributed by atoms with Gasteiger partial charge >= 0.3 is 0 Å². The molecule has 0 aliphatic rings. The molecule has 1 heterocycles. The Labute approximate surface area is 190 Å². The van der Waals surface area contributed by atoms with Crippen molar-refractivity contribution in [1.82, 2.24) is 14.9 Å². The highest BCUT2D eigenvalue weighted by Crippen LogP contribution is 2.23. The van der Waals surface area contributed by atoms with Crippen molar-refractivity contribution in [2.45, 2.75) is 59.0 Å². The molecule has 3 aromatic rings. The van der Waals surface area contributed by atoms with E-state index in [4.69, 9.17) is 14.5 Å². The van der Waals surface area contributed by atoms with E-state index in [-0.39, 0.29) is 17.9 Å². The highest BCUT2D eigenvalue weighted by atomic mass is 16.5. The molecule has 0 saturated heterocycles. The molecule has 1 N–H and O–H groups in total. The molecule has 0 fully saturated rings. The van der Waals surface area contributed by atoms with Crippen LogP contribution in [0.3, 0.4) is 0 Å². The van der Waals surface area contributed by atoms with Crippen LogP contribution >= 0.6 is 0 Å². The Balaban J connectivity index is 1.62. The number of fused-ring (bicyclic) bond motifs is 1. The number of carbonyl (C=O) groups excluding carboxylic acids is 1. The van der Waals surface area contributed by atoms with E-state index in [1.54, 1.807) is 7.11 Å². The number of carbonyl (C=O) groups is 1. The summed E-state index contributed by atoms with van der Waals surface area (Å²) in [5.41, 5.74) is 2.06. The highest BCUT2D eigenvalue weighted by molar-refractivity contribution is 5.79.